The SMILES string of the molecule is Cc1cccc([N+](=O)[O-])c1-n1cc(CC(=O)O)nn1. The highest BCUT2D eigenvalue weighted by Gasteiger charge is 2.19. The molecular weight excluding hydrogens is 252 g/mol. The largest absolute Gasteiger partial charge is 0.481 e. The van der Waals surface area contributed by atoms with Crippen LogP contribution in [0.25, 0.3) is 5.69 Å². The first-order valence-corrected chi connectivity index (χ1v) is 5.36. The van der Waals surface area contributed by atoms with E-state index < -0.39 is 10.9 Å². The molecule has 0 bridgehead atoms. The lowest BCUT2D eigenvalue weighted by atomic mass is 10.1. The van der Waals surface area contributed by atoms with Gasteiger partial charge in [0.2, 0.25) is 0 Å². The average Bonchev–Trinajstić information content (AvgIpc) is 2.75. The van der Waals surface area contributed by atoms with E-state index in [1.165, 1.54) is 16.9 Å². The number of nitrogens with zero attached hydrogens (tertiary/aromatic N) is 4. The summed E-state index contributed by atoms with van der Waals surface area (Å²) in [6.07, 6.45) is 1.10. The van der Waals surface area contributed by atoms with Gasteiger partial charge in [-0.1, -0.05) is 17.3 Å². The highest BCUT2D eigenvalue weighted by molar-refractivity contribution is 5.69. The normalized spacial score (nSPS) is 10.4. The Morgan fingerprint density at radius 1 is 1.53 bits per heavy atom. The van der Waals surface area contributed by atoms with Gasteiger partial charge in [-0.2, -0.15) is 0 Å². The molecule has 1 aromatic carbocycles. The van der Waals surface area contributed by atoms with Crippen LogP contribution in [-0.4, -0.2) is 31.0 Å². The smallest absolute Gasteiger partial charge is 0.309 e. The third kappa shape index (κ3) is 2.57. The number of aryl methyl sites for hydroxylation is 1. The maximum atomic E-state index is 11.0. The number of carbonyl (C=O) groups is 1. The van der Waals surface area contributed by atoms with Crippen LogP contribution in [0, 0.1) is 17.0 Å². The fourth-order valence-electron chi connectivity index (χ4n) is 1.73. The molecule has 0 fully saturated rings. The van der Waals surface area contributed by atoms with Crippen LogP contribution in [-0.2, 0) is 11.2 Å². The zero-order valence-corrected chi connectivity index (χ0v) is 9.98. The van der Waals surface area contributed by atoms with Crippen molar-refractivity contribution in [3.05, 3.63) is 45.8 Å². The molecule has 0 saturated heterocycles. The Morgan fingerprint density at radius 2 is 2.26 bits per heavy atom. The molecule has 19 heavy (non-hydrogen) atoms. The molecule has 2 aromatic rings. The Labute approximate surface area is 107 Å². The predicted molar refractivity (Wildman–Crippen MR) is 64.1 cm³/mol. The molecule has 1 N–H and O–H groups in total. The van der Waals surface area contributed by atoms with Crippen LogP contribution in [0.4, 0.5) is 5.69 Å². The quantitative estimate of drug-likeness (QED) is 0.652. The van der Waals surface area contributed by atoms with Crippen molar-refractivity contribution in [2.24, 2.45) is 0 Å². The Bertz CT molecular complexity index is 650. The summed E-state index contributed by atoms with van der Waals surface area (Å²) in [4.78, 5) is 21.0. The lowest BCUT2D eigenvalue weighted by Crippen LogP contribution is -2.03. The zero-order valence-electron chi connectivity index (χ0n) is 9.98. The topological polar surface area (TPSA) is 111 Å². The van der Waals surface area contributed by atoms with E-state index in [1.807, 2.05) is 0 Å². The molecule has 0 aliphatic carbocycles. The van der Waals surface area contributed by atoms with Gasteiger partial charge in [0, 0.05) is 6.07 Å². The van der Waals surface area contributed by atoms with Gasteiger partial charge < -0.3 is 5.11 Å². The molecule has 0 spiro atoms. The Balaban J connectivity index is 2.49. The van der Waals surface area contributed by atoms with Gasteiger partial charge in [0.25, 0.3) is 5.69 Å². The number of aromatic nitrogens is 3. The first-order chi connectivity index (χ1) is 8.99. The average molecular weight is 262 g/mol. The molecule has 0 atom stereocenters. The summed E-state index contributed by atoms with van der Waals surface area (Å²) < 4.78 is 1.23. The number of hydrogen-bond acceptors (Lipinski definition) is 5. The van der Waals surface area contributed by atoms with Crippen molar-refractivity contribution in [1.82, 2.24) is 15.0 Å². The summed E-state index contributed by atoms with van der Waals surface area (Å²) in [6, 6.07) is 4.65. The minimum absolute atomic E-state index is 0.105. The van der Waals surface area contributed by atoms with E-state index in [2.05, 4.69) is 10.3 Å². The first kappa shape index (κ1) is 12.7. The standard InChI is InChI=1S/C11H10N4O4/c1-7-3-2-4-9(15(18)19)11(7)14-6-8(12-13-14)5-10(16)17/h2-4,6H,5H2,1H3,(H,16,17). The maximum Gasteiger partial charge on any atom is 0.309 e. The molecule has 8 nitrogen and oxygen atoms in total. The van der Waals surface area contributed by atoms with Crippen molar-refractivity contribution >= 4 is 11.7 Å². The molecule has 0 radical (unpaired) electrons. The molecule has 0 amide bonds. The van der Waals surface area contributed by atoms with E-state index in [0.29, 0.717) is 5.56 Å². The van der Waals surface area contributed by atoms with Crippen LogP contribution < -0.4 is 0 Å². The van der Waals surface area contributed by atoms with Crippen LogP contribution in [0.5, 0.6) is 0 Å². The minimum Gasteiger partial charge on any atom is -0.481 e. The molecule has 98 valence electrons. The lowest BCUT2D eigenvalue weighted by Gasteiger charge is -2.05. The molecule has 1 aromatic heterocycles. The molecule has 0 aliphatic heterocycles. The van der Waals surface area contributed by atoms with Crippen LogP contribution in [0.3, 0.4) is 0 Å². The number of aliphatic carboxylic acids is 1. The highest BCUT2D eigenvalue weighted by Crippen LogP contribution is 2.25. The van der Waals surface area contributed by atoms with Crippen molar-refractivity contribution in [2.45, 2.75) is 13.3 Å². The van der Waals surface area contributed by atoms with E-state index in [0.717, 1.165) is 0 Å². The molecular formula is C11H10N4O4. The van der Waals surface area contributed by atoms with Gasteiger partial charge in [-0.15, -0.1) is 5.10 Å². The molecule has 0 unspecified atom stereocenters. The van der Waals surface area contributed by atoms with Gasteiger partial charge in [0.15, 0.2) is 0 Å². The molecule has 1 heterocycles. The number of rotatable bonds is 4. The number of hydrogen-bond donors (Lipinski definition) is 1. The Morgan fingerprint density at radius 3 is 2.89 bits per heavy atom. The van der Waals surface area contributed by atoms with Crippen LogP contribution in [0.1, 0.15) is 11.3 Å². The van der Waals surface area contributed by atoms with Gasteiger partial charge in [-0.3, -0.25) is 14.9 Å². The van der Waals surface area contributed by atoms with Crippen molar-refractivity contribution in [2.75, 3.05) is 0 Å². The summed E-state index contributed by atoms with van der Waals surface area (Å²) in [5.74, 6) is -1.04. The Kier molecular flexibility index (Phi) is 3.23. The van der Waals surface area contributed by atoms with Crippen LogP contribution in [0.2, 0.25) is 0 Å². The molecule has 0 saturated carbocycles. The lowest BCUT2D eigenvalue weighted by molar-refractivity contribution is -0.384. The second kappa shape index (κ2) is 4.84. The third-order valence-electron chi connectivity index (χ3n) is 2.52. The van der Waals surface area contributed by atoms with Crippen molar-refractivity contribution in [1.29, 1.82) is 0 Å². The van der Waals surface area contributed by atoms with E-state index in [-0.39, 0.29) is 23.5 Å². The second-order valence-electron chi connectivity index (χ2n) is 3.92. The highest BCUT2D eigenvalue weighted by atomic mass is 16.6. The minimum atomic E-state index is -1.04. The summed E-state index contributed by atoms with van der Waals surface area (Å²) in [7, 11) is 0. The van der Waals surface area contributed by atoms with Crippen LogP contribution in [0.15, 0.2) is 24.4 Å². The summed E-state index contributed by atoms with van der Waals surface area (Å²) in [6.45, 7) is 1.71. The summed E-state index contributed by atoms with van der Waals surface area (Å²) in [5, 5.41) is 27.1. The molecule has 0 aliphatic rings. The van der Waals surface area contributed by atoms with E-state index in [4.69, 9.17) is 5.11 Å². The van der Waals surface area contributed by atoms with Crippen molar-refractivity contribution < 1.29 is 14.8 Å². The number of benzene rings is 1. The van der Waals surface area contributed by atoms with Gasteiger partial charge in [-0.05, 0) is 12.5 Å². The fraction of sp³-hybridized carbons (Fsp3) is 0.182. The van der Waals surface area contributed by atoms with Crippen molar-refractivity contribution in [3.63, 3.8) is 0 Å². The third-order valence-corrected chi connectivity index (χ3v) is 2.52. The van der Waals surface area contributed by atoms with Crippen LogP contribution >= 0.6 is 0 Å². The first-order valence-electron chi connectivity index (χ1n) is 5.36. The number of para-hydroxylation sites is 1. The number of nitro benzene ring substituents is 1. The number of carboxylic acids is 1. The van der Waals surface area contributed by atoms with E-state index in [1.54, 1.807) is 19.1 Å². The number of carboxylic acid groups (broad SMARTS) is 1. The van der Waals surface area contributed by atoms with Gasteiger partial charge in [0.1, 0.15) is 5.69 Å². The fourth-order valence-corrected chi connectivity index (χ4v) is 1.73. The second-order valence-corrected chi connectivity index (χ2v) is 3.92. The number of nitro groups is 1. The zero-order chi connectivity index (χ0) is 14.0. The van der Waals surface area contributed by atoms with Gasteiger partial charge in [-0.25, -0.2) is 4.68 Å². The summed E-state index contributed by atoms with van der Waals surface area (Å²) >= 11 is 0. The van der Waals surface area contributed by atoms with Gasteiger partial charge >= 0.3 is 5.97 Å². The van der Waals surface area contributed by atoms with Crippen molar-refractivity contribution in [3.8, 4) is 5.69 Å². The predicted octanol–water partition coefficient (Wildman–Crippen LogP) is 1.11. The maximum absolute atomic E-state index is 11.0. The van der Waals surface area contributed by atoms with E-state index >= 15 is 0 Å². The van der Waals surface area contributed by atoms with Gasteiger partial charge in [0.05, 0.1) is 23.2 Å². The molecule has 2 rings (SSSR count). The monoisotopic (exact) mass is 262 g/mol. The Hall–Kier alpha value is -2.77. The van der Waals surface area contributed by atoms with E-state index in [9.17, 15) is 14.9 Å². The molecule has 8 heteroatoms. The summed E-state index contributed by atoms with van der Waals surface area (Å²) in [5.41, 5.74) is 1.08.